The highest BCUT2D eigenvalue weighted by molar-refractivity contribution is 9.10. The molecule has 0 aliphatic carbocycles. The molecular formula is C9H3BrCl2N2O2. The van der Waals surface area contributed by atoms with Crippen LogP contribution in [0.3, 0.4) is 0 Å². The lowest BCUT2D eigenvalue weighted by molar-refractivity contribution is -0.384. The Kier molecular flexibility index (Phi) is 3.01. The number of hydrogen-bond donors (Lipinski definition) is 0. The fraction of sp³-hybridized carbons (Fsp3) is 0. The summed E-state index contributed by atoms with van der Waals surface area (Å²) >= 11 is 15.1. The standard InChI is InChI=1S/C9H3BrCl2N2O2/c10-4-1-2-5(11)9-7(4)8(12)6(3-13-9)14(15)16/h1-3H. The van der Waals surface area contributed by atoms with E-state index >= 15 is 0 Å². The zero-order chi connectivity index (χ0) is 11.9. The smallest absolute Gasteiger partial charge is 0.258 e. The van der Waals surface area contributed by atoms with Crippen LogP contribution in [0.5, 0.6) is 0 Å². The zero-order valence-electron chi connectivity index (χ0n) is 7.58. The second kappa shape index (κ2) is 4.16. The summed E-state index contributed by atoms with van der Waals surface area (Å²) in [6.45, 7) is 0. The Morgan fingerprint density at radius 1 is 1.38 bits per heavy atom. The Morgan fingerprint density at radius 2 is 2.06 bits per heavy atom. The van der Waals surface area contributed by atoms with Crippen LogP contribution in [0, 0.1) is 10.1 Å². The summed E-state index contributed by atoms with van der Waals surface area (Å²) in [6.07, 6.45) is 1.10. The van der Waals surface area contributed by atoms with Gasteiger partial charge < -0.3 is 0 Å². The van der Waals surface area contributed by atoms with Gasteiger partial charge in [0.1, 0.15) is 11.2 Å². The first-order valence-electron chi connectivity index (χ1n) is 4.09. The fourth-order valence-corrected chi connectivity index (χ4v) is 2.46. The van der Waals surface area contributed by atoms with Gasteiger partial charge in [0.25, 0.3) is 0 Å². The number of benzene rings is 1. The van der Waals surface area contributed by atoms with E-state index in [-0.39, 0.29) is 10.7 Å². The van der Waals surface area contributed by atoms with Crippen LogP contribution in [-0.2, 0) is 0 Å². The van der Waals surface area contributed by atoms with E-state index in [1.54, 1.807) is 12.1 Å². The van der Waals surface area contributed by atoms with Gasteiger partial charge in [0.2, 0.25) is 0 Å². The molecule has 16 heavy (non-hydrogen) atoms. The fourth-order valence-electron chi connectivity index (χ4n) is 1.31. The van der Waals surface area contributed by atoms with Crippen LogP contribution in [-0.4, -0.2) is 9.91 Å². The molecule has 0 unspecified atom stereocenters. The molecule has 0 amide bonds. The van der Waals surface area contributed by atoms with Gasteiger partial charge in [-0.15, -0.1) is 0 Å². The van der Waals surface area contributed by atoms with E-state index in [4.69, 9.17) is 23.2 Å². The molecule has 2 rings (SSSR count). The highest BCUT2D eigenvalue weighted by Gasteiger charge is 2.19. The minimum atomic E-state index is -0.581. The minimum Gasteiger partial charge on any atom is -0.258 e. The van der Waals surface area contributed by atoms with E-state index in [2.05, 4.69) is 20.9 Å². The highest BCUT2D eigenvalue weighted by Crippen LogP contribution is 2.38. The van der Waals surface area contributed by atoms with Crippen LogP contribution < -0.4 is 0 Å². The lowest BCUT2D eigenvalue weighted by Crippen LogP contribution is -1.92. The number of nitrogens with zero attached hydrogens (tertiary/aromatic N) is 2. The van der Waals surface area contributed by atoms with Crippen LogP contribution in [0.15, 0.2) is 22.8 Å². The second-order valence-corrected chi connectivity index (χ2v) is 4.61. The topological polar surface area (TPSA) is 56.0 Å². The third-order valence-corrected chi connectivity index (χ3v) is 3.38. The predicted octanol–water partition coefficient (Wildman–Crippen LogP) is 4.21. The first-order chi connectivity index (χ1) is 7.52. The van der Waals surface area contributed by atoms with E-state index in [9.17, 15) is 10.1 Å². The van der Waals surface area contributed by atoms with Gasteiger partial charge >= 0.3 is 5.69 Å². The van der Waals surface area contributed by atoms with E-state index < -0.39 is 4.92 Å². The molecule has 0 saturated heterocycles. The number of halogens is 3. The van der Waals surface area contributed by atoms with Crippen LogP contribution in [0.1, 0.15) is 0 Å². The van der Waals surface area contributed by atoms with Gasteiger partial charge in [-0.3, -0.25) is 10.1 Å². The Hall–Kier alpha value is -0.910. The number of pyridine rings is 1. The number of aromatic nitrogens is 1. The van der Waals surface area contributed by atoms with Crippen molar-refractivity contribution in [3.8, 4) is 0 Å². The molecule has 0 radical (unpaired) electrons. The first kappa shape index (κ1) is 11.6. The highest BCUT2D eigenvalue weighted by atomic mass is 79.9. The molecule has 4 nitrogen and oxygen atoms in total. The zero-order valence-corrected chi connectivity index (χ0v) is 10.7. The number of rotatable bonds is 1. The summed E-state index contributed by atoms with van der Waals surface area (Å²) in [5.74, 6) is 0. The van der Waals surface area contributed by atoms with Gasteiger partial charge in [0, 0.05) is 9.86 Å². The Morgan fingerprint density at radius 3 is 2.69 bits per heavy atom. The van der Waals surface area contributed by atoms with Gasteiger partial charge in [-0.25, -0.2) is 4.98 Å². The SMILES string of the molecule is O=[N+]([O-])c1cnc2c(Cl)ccc(Br)c2c1Cl. The average molecular weight is 322 g/mol. The van der Waals surface area contributed by atoms with Crippen LogP contribution >= 0.6 is 39.1 Å². The van der Waals surface area contributed by atoms with Crippen molar-refractivity contribution in [2.24, 2.45) is 0 Å². The molecule has 0 atom stereocenters. The molecule has 82 valence electrons. The number of hydrogen-bond acceptors (Lipinski definition) is 3. The van der Waals surface area contributed by atoms with E-state index in [1.807, 2.05) is 0 Å². The van der Waals surface area contributed by atoms with Gasteiger partial charge in [0.05, 0.1) is 15.5 Å². The number of nitro groups is 1. The summed E-state index contributed by atoms with van der Waals surface area (Å²) in [6, 6.07) is 3.31. The summed E-state index contributed by atoms with van der Waals surface area (Å²) in [7, 11) is 0. The molecule has 1 heterocycles. The van der Waals surface area contributed by atoms with Crippen LogP contribution in [0.25, 0.3) is 10.9 Å². The Balaban J connectivity index is 2.94. The Bertz CT molecular complexity index is 604. The van der Waals surface area contributed by atoms with Crippen molar-refractivity contribution in [2.45, 2.75) is 0 Å². The van der Waals surface area contributed by atoms with Gasteiger partial charge in [-0.05, 0) is 12.1 Å². The maximum Gasteiger partial charge on any atom is 0.306 e. The van der Waals surface area contributed by atoms with Crippen molar-refractivity contribution >= 4 is 55.7 Å². The molecule has 1 aromatic carbocycles. The van der Waals surface area contributed by atoms with E-state index in [1.165, 1.54) is 0 Å². The molecular weight excluding hydrogens is 319 g/mol. The summed E-state index contributed by atoms with van der Waals surface area (Å²) < 4.78 is 0.619. The Labute approximate surface area is 108 Å². The number of fused-ring (bicyclic) bond motifs is 1. The molecule has 0 N–H and O–H groups in total. The van der Waals surface area contributed by atoms with Crippen molar-refractivity contribution in [1.82, 2.24) is 4.98 Å². The summed E-state index contributed by atoms with van der Waals surface area (Å²) in [4.78, 5) is 14.0. The van der Waals surface area contributed by atoms with Crippen molar-refractivity contribution in [1.29, 1.82) is 0 Å². The third-order valence-electron chi connectivity index (χ3n) is 2.03. The van der Waals surface area contributed by atoms with Crippen molar-refractivity contribution in [2.75, 3.05) is 0 Å². The lowest BCUT2D eigenvalue weighted by Gasteiger charge is -2.04. The van der Waals surface area contributed by atoms with Crippen LogP contribution in [0.2, 0.25) is 10.0 Å². The van der Waals surface area contributed by atoms with Gasteiger partial charge in [-0.1, -0.05) is 39.1 Å². The van der Waals surface area contributed by atoms with Gasteiger partial charge in [-0.2, -0.15) is 0 Å². The summed E-state index contributed by atoms with van der Waals surface area (Å²) in [5.41, 5.74) is 0.198. The maximum atomic E-state index is 10.7. The largest absolute Gasteiger partial charge is 0.306 e. The predicted molar refractivity (Wildman–Crippen MR) is 66.1 cm³/mol. The average Bonchev–Trinajstić information content (AvgIpc) is 2.23. The molecule has 0 saturated carbocycles. The van der Waals surface area contributed by atoms with Crippen molar-refractivity contribution in [3.63, 3.8) is 0 Å². The first-order valence-corrected chi connectivity index (χ1v) is 5.64. The summed E-state index contributed by atoms with van der Waals surface area (Å²) in [5, 5.41) is 11.6. The van der Waals surface area contributed by atoms with Crippen LogP contribution in [0.4, 0.5) is 5.69 Å². The molecule has 0 bridgehead atoms. The van der Waals surface area contributed by atoms with Crippen molar-refractivity contribution < 1.29 is 4.92 Å². The quantitative estimate of drug-likeness (QED) is 0.584. The van der Waals surface area contributed by atoms with E-state index in [0.29, 0.717) is 20.4 Å². The normalized spacial score (nSPS) is 10.7. The van der Waals surface area contributed by atoms with Crippen molar-refractivity contribution in [3.05, 3.63) is 43.0 Å². The maximum absolute atomic E-state index is 10.7. The third kappa shape index (κ3) is 1.75. The lowest BCUT2D eigenvalue weighted by atomic mass is 10.2. The van der Waals surface area contributed by atoms with Gasteiger partial charge in [0.15, 0.2) is 0 Å². The molecule has 0 aliphatic heterocycles. The molecule has 0 fully saturated rings. The monoisotopic (exact) mass is 320 g/mol. The minimum absolute atomic E-state index is 0.0318. The molecule has 0 aliphatic rings. The molecule has 7 heteroatoms. The molecule has 1 aromatic heterocycles. The second-order valence-electron chi connectivity index (χ2n) is 2.97. The van der Waals surface area contributed by atoms with E-state index in [0.717, 1.165) is 6.20 Å². The molecule has 2 aromatic rings. The molecule has 0 spiro atoms.